The van der Waals surface area contributed by atoms with E-state index < -0.39 is 11.9 Å². The maximum Gasteiger partial charge on any atom is 0.311 e. The number of carboxylic acids is 1. The molecule has 0 radical (unpaired) electrons. The van der Waals surface area contributed by atoms with Gasteiger partial charge in [0.15, 0.2) is 0 Å². The number of benzene rings is 1. The normalized spacial score (nSPS) is 12.3. The van der Waals surface area contributed by atoms with Gasteiger partial charge in [0.05, 0.1) is 12.2 Å². The molecule has 0 saturated heterocycles. The lowest BCUT2D eigenvalue weighted by atomic mass is 10.0. The first-order valence-corrected chi connectivity index (χ1v) is 6.61. The zero-order chi connectivity index (χ0) is 13.0. The second kappa shape index (κ2) is 5.78. The van der Waals surface area contributed by atoms with E-state index in [4.69, 9.17) is 4.42 Å². The van der Waals surface area contributed by atoms with Crippen LogP contribution in [0, 0.1) is 6.92 Å². The van der Waals surface area contributed by atoms with Gasteiger partial charge < -0.3 is 9.52 Å². The molecule has 0 spiro atoms. The summed E-state index contributed by atoms with van der Waals surface area (Å²) >= 11 is 1.51. The fourth-order valence-corrected chi connectivity index (χ4v) is 2.78. The SMILES string of the molecule is Cc1occc1SCC(C(=O)O)c1ccccc1. The van der Waals surface area contributed by atoms with E-state index in [9.17, 15) is 9.90 Å². The Morgan fingerprint density at radius 3 is 2.61 bits per heavy atom. The molecule has 0 aliphatic carbocycles. The third-order valence-corrected chi connectivity index (χ3v) is 3.95. The third-order valence-electron chi connectivity index (χ3n) is 2.72. The van der Waals surface area contributed by atoms with Crippen LogP contribution < -0.4 is 0 Å². The Morgan fingerprint density at radius 2 is 2.06 bits per heavy atom. The maximum absolute atomic E-state index is 11.3. The second-order valence-corrected chi connectivity index (χ2v) is 5.02. The van der Waals surface area contributed by atoms with Gasteiger partial charge in [0.25, 0.3) is 0 Å². The van der Waals surface area contributed by atoms with Crippen molar-refractivity contribution in [2.45, 2.75) is 17.7 Å². The van der Waals surface area contributed by atoms with Gasteiger partial charge in [0.1, 0.15) is 5.76 Å². The highest BCUT2D eigenvalue weighted by Crippen LogP contribution is 2.29. The van der Waals surface area contributed by atoms with E-state index >= 15 is 0 Å². The molecule has 2 aromatic rings. The van der Waals surface area contributed by atoms with Crippen LogP contribution in [0.4, 0.5) is 0 Å². The van der Waals surface area contributed by atoms with Crippen molar-refractivity contribution in [1.82, 2.24) is 0 Å². The van der Waals surface area contributed by atoms with Crippen molar-refractivity contribution in [2.75, 3.05) is 5.75 Å². The number of hydrogen-bond donors (Lipinski definition) is 1. The molecule has 1 N–H and O–H groups in total. The van der Waals surface area contributed by atoms with Crippen LogP contribution in [0.15, 0.2) is 52.0 Å². The first-order chi connectivity index (χ1) is 8.68. The van der Waals surface area contributed by atoms with E-state index in [0.29, 0.717) is 5.75 Å². The molecule has 18 heavy (non-hydrogen) atoms. The number of furan rings is 1. The molecule has 0 amide bonds. The van der Waals surface area contributed by atoms with Crippen molar-refractivity contribution in [1.29, 1.82) is 0 Å². The molecular formula is C14H14O3S. The number of rotatable bonds is 5. The average molecular weight is 262 g/mol. The van der Waals surface area contributed by atoms with E-state index in [2.05, 4.69) is 0 Å². The number of aryl methyl sites for hydroxylation is 1. The summed E-state index contributed by atoms with van der Waals surface area (Å²) in [7, 11) is 0. The van der Waals surface area contributed by atoms with Gasteiger partial charge in [0, 0.05) is 10.6 Å². The molecule has 0 aliphatic heterocycles. The van der Waals surface area contributed by atoms with Gasteiger partial charge in [-0.15, -0.1) is 11.8 Å². The van der Waals surface area contributed by atoms with Crippen molar-refractivity contribution in [3.8, 4) is 0 Å². The van der Waals surface area contributed by atoms with E-state index in [1.165, 1.54) is 11.8 Å². The summed E-state index contributed by atoms with van der Waals surface area (Å²) in [5.41, 5.74) is 0.832. The smallest absolute Gasteiger partial charge is 0.311 e. The Morgan fingerprint density at radius 1 is 1.33 bits per heavy atom. The summed E-state index contributed by atoms with van der Waals surface area (Å²) in [5.74, 6) is 0.0391. The Labute approximate surface area is 110 Å². The zero-order valence-electron chi connectivity index (χ0n) is 10.00. The Bertz CT molecular complexity index is 519. The standard InChI is InChI=1S/C14H14O3S/c1-10-13(7-8-17-10)18-9-12(14(15)16)11-5-3-2-4-6-11/h2-8,12H,9H2,1H3,(H,15,16). The Hall–Kier alpha value is -1.68. The Balaban J connectivity index is 2.09. The highest BCUT2D eigenvalue weighted by atomic mass is 32.2. The topological polar surface area (TPSA) is 50.4 Å². The molecule has 1 unspecified atom stereocenters. The van der Waals surface area contributed by atoms with Gasteiger partial charge in [-0.1, -0.05) is 30.3 Å². The van der Waals surface area contributed by atoms with Crippen LogP contribution in [0.2, 0.25) is 0 Å². The summed E-state index contributed by atoms with van der Waals surface area (Å²) in [6.45, 7) is 1.88. The van der Waals surface area contributed by atoms with E-state index in [-0.39, 0.29) is 0 Å². The van der Waals surface area contributed by atoms with Crippen molar-refractivity contribution in [2.24, 2.45) is 0 Å². The van der Waals surface area contributed by atoms with Crippen LogP contribution in [-0.4, -0.2) is 16.8 Å². The van der Waals surface area contributed by atoms with Gasteiger partial charge in [0.2, 0.25) is 0 Å². The lowest BCUT2D eigenvalue weighted by Crippen LogP contribution is -2.14. The first kappa shape index (κ1) is 12.8. The minimum absolute atomic E-state index is 0.495. The molecule has 4 heteroatoms. The predicted octanol–water partition coefficient (Wildman–Crippen LogP) is 3.55. The van der Waals surface area contributed by atoms with Crippen LogP contribution >= 0.6 is 11.8 Å². The molecule has 1 heterocycles. The van der Waals surface area contributed by atoms with Gasteiger partial charge in [-0.3, -0.25) is 4.79 Å². The van der Waals surface area contributed by atoms with Gasteiger partial charge in [-0.25, -0.2) is 0 Å². The molecule has 0 aliphatic rings. The molecule has 0 fully saturated rings. The summed E-state index contributed by atoms with van der Waals surface area (Å²) in [6.07, 6.45) is 1.62. The third kappa shape index (κ3) is 2.96. The summed E-state index contributed by atoms with van der Waals surface area (Å²) in [4.78, 5) is 12.3. The van der Waals surface area contributed by atoms with Crippen LogP contribution in [0.1, 0.15) is 17.2 Å². The highest BCUT2D eigenvalue weighted by Gasteiger charge is 2.20. The van der Waals surface area contributed by atoms with Crippen LogP contribution in [0.3, 0.4) is 0 Å². The summed E-state index contributed by atoms with van der Waals surface area (Å²) in [6, 6.07) is 11.2. The zero-order valence-corrected chi connectivity index (χ0v) is 10.8. The van der Waals surface area contributed by atoms with Gasteiger partial charge >= 0.3 is 5.97 Å². The van der Waals surface area contributed by atoms with Crippen LogP contribution in [0.25, 0.3) is 0 Å². The monoisotopic (exact) mass is 262 g/mol. The first-order valence-electron chi connectivity index (χ1n) is 5.63. The predicted molar refractivity (Wildman–Crippen MR) is 71.0 cm³/mol. The number of thioether (sulfide) groups is 1. The number of hydrogen-bond acceptors (Lipinski definition) is 3. The lowest BCUT2D eigenvalue weighted by molar-refractivity contribution is -0.138. The minimum atomic E-state index is -0.796. The van der Waals surface area contributed by atoms with Crippen molar-refractivity contribution < 1.29 is 14.3 Å². The second-order valence-electron chi connectivity index (χ2n) is 3.95. The average Bonchev–Trinajstić information content (AvgIpc) is 2.76. The molecule has 2 rings (SSSR count). The van der Waals surface area contributed by atoms with Gasteiger partial charge in [-0.05, 0) is 18.6 Å². The van der Waals surface area contributed by atoms with Crippen LogP contribution in [-0.2, 0) is 4.79 Å². The van der Waals surface area contributed by atoms with Crippen molar-refractivity contribution >= 4 is 17.7 Å². The summed E-state index contributed by atoms with van der Waals surface area (Å²) in [5, 5.41) is 9.29. The van der Waals surface area contributed by atoms with Crippen molar-refractivity contribution in [3.05, 3.63) is 54.0 Å². The van der Waals surface area contributed by atoms with E-state index in [1.54, 1.807) is 6.26 Å². The largest absolute Gasteiger partial charge is 0.481 e. The minimum Gasteiger partial charge on any atom is -0.481 e. The maximum atomic E-state index is 11.3. The van der Waals surface area contributed by atoms with Crippen molar-refractivity contribution in [3.63, 3.8) is 0 Å². The molecular weight excluding hydrogens is 248 g/mol. The fraction of sp³-hybridized carbons (Fsp3) is 0.214. The molecule has 1 aromatic heterocycles. The number of carboxylic acid groups (broad SMARTS) is 1. The van der Waals surface area contributed by atoms with E-state index in [1.807, 2.05) is 43.3 Å². The van der Waals surface area contributed by atoms with E-state index in [0.717, 1.165) is 16.2 Å². The Kier molecular flexibility index (Phi) is 4.10. The molecule has 0 bridgehead atoms. The fourth-order valence-electron chi connectivity index (χ4n) is 1.69. The summed E-state index contributed by atoms with van der Waals surface area (Å²) < 4.78 is 5.19. The molecule has 1 atom stereocenters. The molecule has 1 aromatic carbocycles. The quantitative estimate of drug-likeness (QED) is 0.837. The molecule has 3 nitrogen and oxygen atoms in total. The molecule has 0 saturated carbocycles. The number of carbonyl (C=O) groups is 1. The lowest BCUT2D eigenvalue weighted by Gasteiger charge is -2.11. The molecule has 94 valence electrons. The van der Waals surface area contributed by atoms with Gasteiger partial charge in [-0.2, -0.15) is 0 Å². The highest BCUT2D eigenvalue weighted by molar-refractivity contribution is 7.99. The number of aliphatic carboxylic acids is 1. The van der Waals surface area contributed by atoms with Crippen LogP contribution in [0.5, 0.6) is 0 Å².